The third-order valence-corrected chi connectivity index (χ3v) is 4.64. The lowest BCUT2D eigenvalue weighted by Gasteiger charge is -1.88. The average Bonchev–Trinajstić information content (AvgIpc) is 3.41. The summed E-state index contributed by atoms with van der Waals surface area (Å²) in [5.41, 5.74) is -1.19. The summed E-state index contributed by atoms with van der Waals surface area (Å²) in [6.45, 7) is 14.4. The van der Waals surface area contributed by atoms with Crippen molar-refractivity contribution in [3.63, 3.8) is 0 Å². The van der Waals surface area contributed by atoms with E-state index in [1.807, 2.05) is 6.07 Å². The zero-order valence-corrected chi connectivity index (χ0v) is 13.5. The van der Waals surface area contributed by atoms with Crippen LogP contribution in [0.15, 0.2) is 21.7 Å². The normalized spacial score (nSPS) is 11.0. The van der Waals surface area contributed by atoms with Crippen molar-refractivity contribution in [1.29, 1.82) is 10.5 Å². The number of nitrogens with zero attached hydrogens (tertiary/aromatic N) is 8. The van der Waals surface area contributed by atoms with E-state index in [9.17, 15) is 14.9 Å². The molecular weight excluding hydrogens is 360 g/mol. The van der Waals surface area contributed by atoms with Crippen LogP contribution in [0, 0.1) is 35.8 Å². The second kappa shape index (κ2) is 4.76. The van der Waals surface area contributed by atoms with Crippen molar-refractivity contribution in [3.05, 3.63) is 67.1 Å². The first-order chi connectivity index (χ1) is 13.5. The van der Waals surface area contributed by atoms with Gasteiger partial charge in [-0.15, -0.1) is 0 Å². The molecule has 10 nitrogen and oxygen atoms in total. The lowest BCUT2D eigenvalue weighted by molar-refractivity contribution is 1.13. The van der Waals surface area contributed by atoms with E-state index >= 15 is 0 Å². The molecule has 5 aromatic rings. The standard InChI is InChI=1S/C18H2N8O2/c1-21-13-16(22-2)26-15(24-13)8-3-7-9(4-10(8)18(26)28)17(27)25-12(6-20)11(5-19)23-14(7)25/h3-4H. The van der Waals surface area contributed by atoms with Gasteiger partial charge >= 0.3 is 11.2 Å². The molecule has 0 saturated carbocycles. The van der Waals surface area contributed by atoms with Gasteiger partial charge in [0.15, 0.2) is 17.0 Å². The van der Waals surface area contributed by atoms with Crippen molar-refractivity contribution < 1.29 is 0 Å². The van der Waals surface area contributed by atoms with Gasteiger partial charge in [0, 0.05) is 5.39 Å². The van der Waals surface area contributed by atoms with Gasteiger partial charge in [-0.25, -0.2) is 14.2 Å². The maximum Gasteiger partial charge on any atom is 0.333 e. The van der Waals surface area contributed by atoms with Gasteiger partial charge < -0.3 is 9.69 Å². The molecule has 0 aliphatic heterocycles. The number of nitriles is 2. The lowest BCUT2D eigenvalue weighted by Crippen LogP contribution is -2.09. The molecule has 0 radical (unpaired) electrons. The van der Waals surface area contributed by atoms with E-state index in [2.05, 4.69) is 19.7 Å². The average molecular weight is 362 g/mol. The molecule has 0 amide bonds. The Morgan fingerprint density at radius 1 is 0.857 bits per heavy atom. The summed E-state index contributed by atoms with van der Waals surface area (Å²) < 4.78 is 2.10. The Hall–Kier alpha value is -5.06. The summed E-state index contributed by atoms with van der Waals surface area (Å²) in [6, 6.07) is 6.48. The van der Waals surface area contributed by atoms with Crippen molar-refractivity contribution in [2.45, 2.75) is 0 Å². The Bertz CT molecular complexity index is 1670. The second-order valence-corrected chi connectivity index (χ2v) is 5.89. The molecule has 0 fully saturated rings. The van der Waals surface area contributed by atoms with Crippen LogP contribution in [0.3, 0.4) is 0 Å². The Balaban J connectivity index is 2.07. The topological polar surface area (TPSA) is 125 Å². The highest BCUT2D eigenvalue weighted by molar-refractivity contribution is 6.10. The molecule has 0 atom stereocenters. The number of imidazole rings is 2. The fourth-order valence-electron chi connectivity index (χ4n) is 3.49. The maximum atomic E-state index is 12.8. The highest BCUT2D eigenvalue weighted by Gasteiger charge is 2.28. The molecular formula is C18H2N8O2. The Morgan fingerprint density at radius 3 is 2.04 bits per heavy atom. The summed E-state index contributed by atoms with van der Waals surface area (Å²) in [6.07, 6.45) is 0. The van der Waals surface area contributed by atoms with E-state index in [1.165, 1.54) is 12.1 Å². The lowest BCUT2D eigenvalue weighted by atomic mass is 10.1. The summed E-state index contributed by atoms with van der Waals surface area (Å²) in [4.78, 5) is 40.1. The van der Waals surface area contributed by atoms with Gasteiger partial charge in [0.25, 0.3) is 17.2 Å². The molecule has 10 heteroatoms. The van der Waals surface area contributed by atoms with Crippen LogP contribution in [0.2, 0.25) is 0 Å². The summed E-state index contributed by atoms with van der Waals surface area (Å²) in [7, 11) is 0. The van der Waals surface area contributed by atoms with Gasteiger partial charge in [0.1, 0.15) is 12.1 Å². The predicted octanol–water partition coefficient (Wildman–Crippen LogP) is 1.73. The molecule has 0 N–H and O–H groups in total. The van der Waals surface area contributed by atoms with Crippen LogP contribution in [-0.2, 0) is 0 Å². The minimum absolute atomic E-state index is 0.129. The monoisotopic (exact) mass is 362 g/mol. The number of fused-ring (bicyclic) bond motifs is 6. The molecule has 126 valence electrons. The smallest absolute Gasteiger partial charge is 0.333 e. The van der Waals surface area contributed by atoms with Crippen molar-refractivity contribution in [2.24, 2.45) is 0 Å². The van der Waals surface area contributed by atoms with Crippen molar-refractivity contribution in [1.82, 2.24) is 18.8 Å². The van der Waals surface area contributed by atoms with Crippen LogP contribution < -0.4 is 11.1 Å². The number of benzene rings is 1. The molecule has 0 aliphatic rings. The van der Waals surface area contributed by atoms with Crippen LogP contribution in [0.4, 0.5) is 11.6 Å². The van der Waals surface area contributed by atoms with Gasteiger partial charge in [-0.05, 0) is 12.1 Å². The number of aromatic nitrogens is 4. The largest absolute Gasteiger partial charge is 0.372 e. The second-order valence-electron chi connectivity index (χ2n) is 5.89. The first-order valence-electron chi connectivity index (χ1n) is 7.64. The minimum Gasteiger partial charge on any atom is -0.372 e. The predicted molar refractivity (Wildman–Crippen MR) is 95.8 cm³/mol. The van der Waals surface area contributed by atoms with E-state index in [-0.39, 0.29) is 45.1 Å². The first-order valence-corrected chi connectivity index (χ1v) is 7.64. The molecule has 4 heterocycles. The third-order valence-electron chi connectivity index (χ3n) is 4.64. The van der Waals surface area contributed by atoms with E-state index in [0.29, 0.717) is 10.8 Å². The fraction of sp³-hybridized carbons (Fsp3) is 0. The molecule has 4 aromatic heterocycles. The zero-order chi connectivity index (χ0) is 19.7. The van der Waals surface area contributed by atoms with E-state index in [1.54, 1.807) is 6.07 Å². The molecule has 28 heavy (non-hydrogen) atoms. The van der Waals surface area contributed by atoms with Gasteiger partial charge in [-0.1, -0.05) is 18.1 Å². The molecule has 0 bridgehead atoms. The molecule has 0 saturated heterocycles. The van der Waals surface area contributed by atoms with Crippen LogP contribution >= 0.6 is 0 Å². The van der Waals surface area contributed by atoms with Crippen molar-refractivity contribution in [3.8, 4) is 12.1 Å². The molecule has 0 spiro atoms. The van der Waals surface area contributed by atoms with E-state index < -0.39 is 11.1 Å². The van der Waals surface area contributed by atoms with Gasteiger partial charge in [0.05, 0.1) is 16.2 Å². The van der Waals surface area contributed by atoms with Crippen LogP contribution in [0.25, 0.3) is 42.5 Å². The van der Waals surface area contributed by atoms with Gasteiger partial charge in [-0.3, -0.25) is 4.79 Å². The third kappa shape index (κ3) is 1.48. The minimum atomic E-state index is -0.567. The number of hydrogen-bond donors (Lipinski definition) is 0. The quantitative estimate of drug-likeness (QED) is 0.386. The fourth-order valence-corrected chi connectivity index (χ4v) is 3.49. The molecule has 0 unspecified atom stereocenters. The maximum absolute atomic E-state index is 12.8. The highest BCUT2D eigenvalue weighted by atomic mass is 16.1. The molecule has 0 aliphatic carbocycles. The van der Waals surface area contributed by atoms with Crippen LogP contribution in [-0.4, -0.2) is 18.8 Å². The van der Waals surface area contributed by atoms with Crippen LogP contribution in [0.5, 0.6) is 0 Å². The molecule has 1 aromatic carbocycles. The summed E-state index contributed by atoms with van der Waals surface area (Å²) in [5.74, 6) is -0.363. The zero-order valence-electron chi connectivity index (χ0n) is 13.5. The summed E-state index contributed by atoms with van der Waals surface area (Å²) >= 11 is 0. The summed E-state index contributed by atoms with van der Waals surface area (Å²) in [5, 5.41) is 19.5. The van der Waals surface area contributed by atoms with Crippen LogP contribution in [0.1, 0.15) is 11.4 Å². The van der Waals surface area contributed by atoms with E-state index in [4.69, 9.17) is 18.4 Å². The van der Waals surface area contributed by atoms with Crippen molar-refractivity contribution >= 4 is 44.5 Å². The van der Waals surface area contributed by atoms with E-state index in [0.717, 1.165) is 8.80 Å². The number of hydrogen-bond acceptors (Lipinski definition) is 6. The Labute approximate surface area is 153 Å². The van der Waals surface area contributed by atoms with Gasteiger partial charge in [0.2, 0.25) is 0 Å². The van der Waals surface area contributed by atoms with Gasteiger partial charge in [-0.2, -0.15) is 14.9 Å². The highest BCUT2D eigenvalue weighted by Crippen LogP contribution is 2.33. The first kappa shape index (κ1) is 15.2. The van der Waals surface area contributed by atoms with Crippen molar-refractivity contribution in [2.75, 3.05) is 0 Å². The number of rotatable bonds is 0. The molecule has 5 rings (SSSR count). The Kier molecular flexibility index (Phi) is 2.59. The SMILES string of the molecule is [C-]#[N+]c1nc2c3cc4c(cc3c(=O)n2c1[N+]#[C-])c(=O)n1c(C#N)c(C#N)nc41. The Morgan fingerprint density at radius 2 is 1.46 bits per heavy atom.